The molecule has 0 radical (unpaired) electrons. The summed E-state index contributed by atoms with van der Waals surface area (Å²) in [7, 11) is -3.53. The van der Waals surface area contributed by atoms with Crippen LogP contribution in [0.5, 0.6) is 0 Å². The van der Waals surface area contributed by atoms with Crippen LogP contribution in [0.4, 0.5) is 4.39 Å². The highest BCUT2D eigenvalue weighted by Gasteiger charge is 2.43. The van der Waals surface area contributed by atoms with E-state index in [1.165, 1.54) is 6.07 Å². The van der Waals surface area contributed by atoms with Gasteiger partial charge in [-0.1, -0.05) is 42.5 Å². The van der Waals surface area contributed by atoms with Gasteiger partial charge in [0.25, 0.3) is 0 Å². The van der Waals surface area contributed by atoms with Gasteiger partial charge in [0.1, 0.15) is 5.82 Å². The molecule has 0 aliphatic carbocycles. The van der Waals surface area contributed by atoms with Crippen molar-refractivity contribution in [1.82, 2.24) is 5.32 Å². The number of sulfone groups is 1. The van der Waals surface area contributed by atoms with Crippen LogP contribution in [-0.4, -0.2) is 64.4 Å². The minimum Gasteiger partial charge on any atom is -0.394 e. The molecule has 4 rings (SSSR count). The Kier molecular flexibility index (Phi) is 8.05. The molecule has 2 fully saturated rings. The zero-order valence-electron chi connectivity index (χ0n) is 19.6. The Morgan fingerprint density at radius 2 is 1.91 bits per heavy atom. The van der Waals surface area contributed by atoms with Crippen molar-refractivity contribution in [2.24, 2.45) is 0 Å². The maximum absolute atomic E-state index is 15.4. The van der Waals surface area contributed by atoms with Gasteiger partial charge in [0.05, 0.1) is 30.3 Å². The third kappa shape index (κ3) is 5.21. The van der Waals surface area contributed by atoms with Crippen molar-refractivity contribution in [2.75, 3.05) is 39.6 Å². The van der Waals surface area contributed by atoms with Crippen molar-refractivity contribution in [3.05, 3.63) is 71.0 Å². The van der Waals surface area contributed by atoms with Gasteiger partial charge in [-0.15, -0.1) is 0 Å². The van der Waals surface area contributed by atoms with Crippen molar-refractivity contribution in [3.63, 3.8) is 0 Å². The van der Waals surface area contributed by atoms with E-state index in [4.69, 9.17) is 14.6 Å². The fourth-order valence-electron chi connectivity index (χ4n) is 5.17. The molecule has 2 heterocycles. The van der Waals surface area contributed by atoms with Crippen LogP contribution >= 0.6 is 0 Å². The Labute approximate surface area is 201 Å². The number of rotatable bonds is 8. The van der Waals surface area contributed by atoms with Crippen LogP contribution in [0.25, 0.3) is 0 Å². The number of nitrogens with one attached hydrogen (secondary N) is 1. The molecule has 0 saturated carbocycles. The van der Waals surface area contributed by atoms with Crippen molar-refractivity contribution >= 4 is 9.84 Å². The van der Waals surface area contributed by atoms with Gasteiger partial charge in [0.2, 0.25) is 0 Å². The lowest BCUT2D eigenvalue weighted by atomic mass is 9.74. The minimum absolute atomic E-state index is 0.0636. The van der Waals surface area contributed by atoms with E-state index in [1.54, 1.807) is 6.07 Å². The second-order valence-corrected chi connectivity index (χ2v) is 11.8. The lowest BCUT2D eigenvalue weighted by Gasteiger charge is -2.38. The number of aliphatic hydroxyl groups excluding tert-OH is 1. The summed E-state index contributed by atoms with van der Waals surface area (Å²) < 4.78 is 53.6. The van der Waals surface area contributed by atoms with Crippen LogP contribution < -0.4 is 5.32 Å². The van der Waals surface area contributed by atoms with E-state index < -0.39 is 26.2 Å². The van der Waals surface area contributed by atoms with Crippen molar-refractivity contribution in [2.45, 2.75) is 48.1 Å². The molecule has 1 unspecified atom stereocenters. The SMILES string of the molecule is C[C@@H]1NC[C@@H](c2ccccc2)S(=O)(=O)C1Cc1ccc(C2(COCCO)CCOCC2)cc1F. The first kappa shape index (κ1) is 25.3. The lowest BCUT2D eigenvalue weighted by Crippen LogP contribution is -2.53. The minimum atomic E-state index is -3.53. The zero-order valence-corrected chi connectivity index (χ0v) is 20.4. The summed E-state index contributed by atoms with van der Waals surface area (Å²) in [6.45, 7) is 3.89. The van der Waals surface area contributed by atoms with E-state index in [9.17, 15) is 8.42 Å². The van der Waals surface area contributed by atoms with E-state index in [0.29, 0.717) is 44.8 Å². The molecule has 2 aliphatic heterocycles. The van der Waals surface area contributed by atoms with Crippen LogP contribution in [0.3, 0.4) is 0 Å². The fraction of sp³-hybridized carbons (Fsp3) is 0.538. The molecule has 0 bridgehead atoms. The molecule has 186 valence electrons. The quantitative estimate of drug-likeness (QED) is 0.553. The van der Waals surface area contributed by atoms with Gasteiger partial charge in [-0.3, -0.25) is 0 Å². The van der Waals surface area contributed by atoms with E-state index in [-0.39, 0.29) is 31.1 Å². The highest BCUT2D eigenvalue weighted by molar-refractivity contribution is 7.92. The van der Waals surface area contributed by atoms with E-state index in [1.807, 2.05) is 43.3 Å². The number of ether oxygens (including phenoxy) is 2. The molecule has 8 heteroatoms. The van der Waals surface area contributed by atoms with E-state index in [2.05, 4.69) is 5.32 Å². The second kappa shape index (κ2) is 10.8. The first-order chi connectivity index (χ1) is 16.4. The first-order valence-electron chi connectivity index (χ1n) is 11.9. The van der Waals surface area contributed by atoms with Crippen molar-refractivity contribution < 1.29 is 27.4 Å². The summed E-state index contributed by atoms with van der Waals surface area (Å²) in [6, 6.07) is 14.1. The molecule has 34 heavy (non-hydrogen) atoms. The largest absolute Gasteiger partial charge is 0.394 e. The Morgan fingerprint density at radius 3 is 2.59 bits per heavy atom. The summed E-state index contributed by atoms with van der Waals surface area (Å²) in [4.78, 5) is 0. The molecule has 2 aliphatic rings. The summed E-state index contributed by atoms with van der Waals surface area (Å²) in [5.74, 6) is -0.394. The molecule has 2 aromatic rings. The molecule has 2 N–H and O–H groups in total. The third-order valence-corrected chi connectivity index (χ3v) is 9.97. The monoisotopic (exact) mass is 491 g/mol. The molecular weight excluding hydrogens is 457 g/mol. The summed E-state index contributed by atoms with van der Waals surface area (Å²) in [5, 5.41) is 11.0. The fourth-order valence-corrected chi connectivity index (χ4v) is 7.54. The molecule has 2 saturated heterocycles. The van der Waals surface area contributed by atoms with Gasteiger partial charge in [0, 0.05) is 31.2 Å². The summed E-state index contributed by atoms with van der Waals surface area (Å²) in [5.41, 5.74) is 1.61. The van der Waals surface area contributed by atoms with Crippen LogP contribution in [0.2, 0.25) is 0 Å². The molecule has 6 nitrogen and oxygen atoms in total. The van der Waals surface area contributed by atoms with Gasteiger partial charge >= 0.3 is 0 Å². The maximum Gasteiger partial charge on any atom is 0.163 e. The Morgan fingerprint density at radius 1 is 1.18 bits per heavy atom. The van der Waals surface area contributed by atoms with Crippen molar-refractivity contribution in [3.8, 4) is 0 Å². The number of hydrogen-bond acceptors (Lipinski definition) is 6. The molecule has 0 amide bonds. The molecule has 3 atom stereocenters. The summed E-state index contributed by atoms with van der Waals surface area (Å²) in [6.07, 6.45) is 1.52. The van der Waals surface area contributed by atoms with Crippen LogP contribution in [-0.2, 0) is 31.1 Å². The zero-order chi connectivity index (χ0) is 24.2. The smallest absolute Gasteiger partial charge is 0.163 e. The average molecular weight is 492 g/mol. The first-order valence-corrected chi connectivity index (χ1v) is 13.5. The Balaban J connectivity index is 1.58. The van der Waals surface area contributed by atoms with Gasteiger partial charge in [0.15, 0.2) is 9.84 Å². The van der Waals surface area contributed by atoms with Gasteiger partial charge in [-0.05, 0) is 48.9 Å². The molecule has 0 spiro atoms. The van der Waals surface area contributed by atoms with Crippen LogP contribution in [0.1, 0.15) is 41.7 Å². The third-order valence-electron chi connectivity index (χ3n) is 7.32. The second-order valence-electron chi connectivity index (χ2n) is 9.40. The van der Waals surface area contributed by atoms with Gasteiger partial charge < -0.3 is 19.9 Å². The number of benzene rings is 2. The van der Waals surface area contributed by atoms with Crippen molar-refractivity contribution in [1.29, 1.82) is 0 Å². The lowest BCUT2D eigenvalue weighted by molar-refractivity contribution is -0.00711. The highest BCUT2D eigenvalue weighted by Crippen LogP contribution is 2.37. The highest BCUT2D eigenvalue weighted by atomic mass is 32.2. The van der Waals surface area contributed by atoms with Gasteiger partial charge in [-0.2, -0.15) is 0 Å². The number of hydrogen-bond donors (Lipinski definition) is 2. The van der Waals surface area contributed by atoms with Crippen LogP contribution in [0, 0.1) is 5.82 Å². The summed E-state index contributed by atoms with van der Waals surface area (Å²) >= 11 is 0. The molecular formula is C26H34FNO5S. The van der Waals surface area contributed by atoms with Crippen LogP contribution in [0.15, 0.2) is 48.5 Å². The van der Waals surface area contributed by atoms with E-state index in [0.717, 1.165) is 11.1 Å². The molecule has 2 aromatic carbocycles. The maximum atomic E-state index is 15.4. The van der Waals surface area contributed by atoms with Gasteiger partial charge in [-0.25, -0.2) is 12.8 Å². The van der Waals surface area contributed by atoms with E-state index >= 15 is 4.39 Å². The normalized spacial score (nSPS) is 26.3. The predicted octanol–water partition coefficient (Wildman–Crippen LogP) is 2.94. The Bertz CT molecular complexity index is 1060. The molecule has 0 aromatic heterocycles. The average Bonchev–Trinajstić information content (AvgIpc) is 2.83. The standard InChI is InChI=1S/C26H34FNO5S/c1-19-24(34(30,31)25(17-28-19)20-5-3-2-4-6-20)15-21-7-8-22(16-23(21)27)26(18-33-14-11-29)9-12-32-13-10-26/h2-8,16,19,24-25,28-29H,9-15,17-18H2,1H3/t19-,24?,25-/m0/s1. The predicted molar refractivity (Wildman–Crippen MR) is 129 cm³/mol. The topological polar surface area (TPSA) is 84.9 Å². The number of aliphatic hydroxyl groups is 1. The Hall–Kier alpha value is -1.84. The number of halogens is 1.